The summed E-state index contributed by atoms with van der Waals surface area (Å²) in [6.45, 7) is 0. The summed E-state index contributed by atoms with van der Waals surface area (Å²) in [7, 11) is 1.57. The van der Waals surface area contributed by atoms with Gasteiger partial charge in [0.05, 0.1) is 23.7 Å². The van der Waals surface area contributed by atoms with Gasteiger partial charge in [-0.3, -0.25) is 0 Å². The third kappa shape index (κ3) is 1.68. The van der Waals surface area contributed by atoms with E-state index in [9.17, 15) is 5.11 Å². The molecule has 0 radical (unpaired) electrons. The number of phenolic OH excluding ortho intramolecular Hbond substituents is 1. The number of ether oxygens (including phenoxy) is 1. The highest BCUT2D eigenvalue weighted by Crippen LogP contribution is 2.31. The second-order valence-corrected chi connectivity index (χ2v) is 3.99. The molecule has 0 saturated heterocycles. The maximum Gasteiger partial charge on any atom is 0.142 e. The molecule has 0 amide bonds. The van der Waals surface area contributed by atoms with Crippen LogP contribution in [-0.2, 0) is 0 Å². The predicted molar refractivity (Wildman–Crippen MR) is 69.7 cm³/mol. The van der Waals surface area contributed by atoms with E-state index < -0.39 is 0 Å². The van der Waals surface area contributed by atoms with Crippen molar-refractivity contribution in [3.05, 3.63) is 42.5 Å². The molecule has 90 valence electrons. The third-order valence-corrected chi connectivity index (χ3v) is 2.85. The molecule has 3 rings (SSSR count). The molecule has 0 bridgehead atoms. The van der Waals surface area contributed by atoms with E-state index in [1.165, 1.54) is 0 Å². The summed E-state index contributed by atoms with van der Waals surface area (Å²) in [5.74, 6) is 1.41. The second-order valence-electron chi connectivity index (χ2n) is 3.99. The topological polar surface area (TPSA) is 58.1 Å². The van der Waals surface area contributed by atoms with Gasteiger partial charge < -0.3 is 14.8 Å². The van der Waals surface area contributed by atoms with Crippen LogP contribution in [0.3, 0.4) is 0 Å². The number of methoxy groups -OCH3 is 1. The summed E-state index contributed by atoms with van der Waals surface area (Å²) < 4.78 is 5.05. The smallest absolute Gasteiger partial charge is 0.142 e. The SMILES string of the molecule is COc1ccc(-c2nc3ccccc3[nH]2)c(O)c1. The molecule has 0 aliphatic rings. The van der Waals surface area contributed by atoms with Gasteiger partial charge in [0.25, 0.3) is 0 Å². The summed E-state index contributed by atoms with van der Waals surface area (Å²) in [5, 5.41) is 9.96. The maximum atomic E-state index is 9.96. The number of fused-ring (bicyclic) bond motifs is 1. The molecule has 0 aliphatic carbocycles. The molecule has 1 aromatic heterocycles. The van der Waals surface area contributed by atoms with Crippen LogP contribution in [0.4, 0.5) is 0 Å². The Kier molecular flexibility index (Phi) is 2.41. The first-order chi connectivity index (χ1) is 8.78. The Morgan fingerprint density at radius 3 is 2.72 bits per heavy atom. The van der Waals surface area contributed by atoms with Crippen LogP contribution in [-0.4, -0.2) is 22.2 Å². The molecule has 3 aromatic rings. The maximum absolute atomic E-state index is 9.96. The number of nitrogens with one attached hydrogen (secondary N) is 1. The van der Waals surface area contributed by atoms with Crippen LogP contribution < -0.4 is 4.74 Å². The van der Waals surface area contributed by atoms with Gasteiger partial charge in [-0.2, -0.15) is 0 Å². The number of aromatic amines is 1. The van der Waals surface area contributed by atoms with Crippen LogP contribution in [0, 0.1) is 0 Å². The zero-order valence-electron chi connectivity index (χ0n) is 9.84. The number of hydrogen-bond acceptors (Lipinski definition) is 3. The molecule has 18 heavy (non-hydrogen) atoms. The Morgan fingerprint density at radius 1 is 1.17 bits per heavy atom. The van der Waals surface area contributed by atoms with Crippen LogP contribution in [0.25, 0.3) is 22.4 Å². The molecule has 0 unspecified atom stereocenters. The highest BCUT2D eigenvalue weighted by atomic mass is 16.5. The average Bonchev–Trinajstić information content (AvgIpc) is 2.81. The fourth-order valence-corrected chi connectivity index (χ4v) is 1.92. The number of aromatic nitrogens is 2. The van der Waals surface area contributed by atoms with Gasteiger partial charge in [-0.25, -0.2) is 4.98 Å². The number of benzene rings is 2. The van der Waals surface area contributed by atoms with Crippen molar-refractivity contribution in [1.82, 2.24) is 9.97 Å². The van der Waals surface area contributed by atoms with Gasteiger partial charge >= 0.3 is 0 Å². The van der Waals surface area contributed by atoms with Gasteiger partial charge in [0, 0.05) is 6.07 Å². The van der Waals surface area contributed by atoms with Crippen molar-refractivity contribution < 1.29 is 9.84 Å². The van der Waals surface area contributed by atoms with Crippen molar-refractivity contribution in [3.63, 3.8) is 0 Å². The van der Waals surface area contributed by atoms with Crippen molar-refractivity contribution >= 4 is 11.0 Å². The van der Waals surface area contributed by atoms with Crippen LogP contribution in [0.15, 0.2) is 42.5 Å². The standard InChI is InChI=1S/C14H12N2O2/c1-18-9-6-7-10(13(17)8-9)14-15-11-4-2-3-5-12(11)16-14/h2-8,17H,1H3,(H,15,16). The number of phenols is 1. The Bertz CT molecular complexity index is 671. The zero-order valence-corrected chi connectivity index (χ0v) is 9.84. The summed E-state index contributed by atoms with van der Waals surface area (Å²) in [6, 6.07) is 12.9. The van der Waals surface area contributed by atoms with Crippen LogP contribution in [0.1, 0.15) is 0 Å². The lowest BCUT2D eigenvalue weighted by molar-refractivity contribution is 0.408. The van der Waals surface area contributed by atoms with Crippen LogP contribution >= 0.6 is 0 Å². The van der Waals surface area contributed by atoms with E-state index in [1.54, 1.807) is 25.3 Å². The molecule has 0 spiro atoms. The number of H-pyrrole nitrogens is 1. The van der Waals surface area contributed by atoms with Gasteiger partial charge in [0.2, 0.25) is 0 Å². The van der Waals surface area contributed by atoms with Crippen molar-refractivity contribution in [3.8, 4) is 22.9 Å². The second kappa shape index (κ2) is 4.07. The molecule has 0 fully saturated rings. The Labute approximate surface area is 104 Å². The van der Waals surface area contributed by atoms with Gasteiger partial charge in [-0.15, -0.1) is 0 Å². The lowest BCUT2D eigenvalue weighted by atomic mass is 10.2. The van der Waals surface area contributed by atoms with Crippen LogP contribution in [0.2, 0.25) is 0 Å². The largest absolute Gasteiger partial charge is 0.507 e. The molecule has 2 aromatic carbocycles. The fraction of sp³-hybridized carbons (Fsp3) is 0.0714. The minimum absolute atomic E-state index is 0.147. The summed E-state index contributed by atoms with van der Waals surface area (Å²) in [5.41, 5.74) is 2.48. The predicted octanol–water partition coefficient (Wildman–Crippen LogP) is 2.94. The highest BCUT2D eigenvalue weighted by molar-refractivity contribution is 5.80. The van der Waals surface area contributed by atoms with E-state index in [1.807, 2.05) is 24.3 Å². The fourth-order valence-electron chi connectivity index (χ4n) is 1.92. The molecular weight excluding hydrogens is 228 g/mol. The van der Waals surface area contributed by atoms with Gasteiger partial charge in [-0.1, -0.05) is 12.1 Å². The first-order valence-corrected chi connectivity index (χ1v) is 5.60. The quantitative estimate of drug-likeness (QED) is 0.724. The summed E-state index contributed by atoms with van der Waals surface area (Å²) >= 11 is 0. The number of aromatic hydroxyl groups is 1. The van der Waals surface area contributed by atoms with Gasteiger partial charge in [-0.05, 0) is 24.3 Å². The molecule has 4 heteroatoms. The van der Waals surface area contributed by atoms with E-state index in [-0.39, 0.29) is 5.75 Å². The molecule has 4 nitrogen and oxygen atoms in total. The Morgan fingerprint density at radius 2 is 2.00 bits per heavy atom. The van der Waals surface area contributed by atoms with Crippen molar-refractivity contribution in [2.75, 3.05) is 7.11 Å². The normalized spacial score (nSPS) is 10.7. The van der Waals surface area contributed by atoms with Crippen molar-refractivity contribution in [2.24, 2.45) is 0 Å². The molecule has 2 N–H and O–H groups in total. The summed E-state index contributed by atoms with van der Waals surface area (Å²) in [6.07, 6.45) is 0. The van der Waals surface area contributed by atoms with E-state index in [0.717, 1.165) is 11.0 Å². The number of hydrogen-bond donors (Lipinski definition) is 2. The Hall–Kier alpha value is -2.49. The van der Waals surface area contributed by atoms with Crippen LogP contribution in [0.5, 0.6) is 11.5 Å². The Balaban J connectivity index is 2.14. The number of imidazole rings is 1. The minimum Gasteiger partial charge on any atom is -0.507 e. The first kappa shape index (κ1) is 10.7. The minimum atomic E-state index is 0.147. The van der Waals surface area contributed by atoms with Gasteiger partial charge in [0.1, 0.15) is 17.3 Å². The first-order valence-electron chi connectivity index (χ1n) is 5.60. The number of nitrogens with zero attached hydrogens (tertiary/aromatic N) is 1. The zero-order chi connectivity index (χ0) is 12.5. The average molecular weight is 240 g/mol. The van der Waals surface area contributed by atoms with E-state index in [2.05, 4.69) is 9.97 Å². The number of rotatable bonds is 2. The van der Waals surface area contributed by atoms with E-state index in [0.29, 0.717) is 17.1 Å². The molecule has 0 aliphatic heterocycles. The summed E-state index contributed by atoms with van der Waals surface area (Å²) in [4.78, 5) is 7.62. The third-order valence-electron chi connectivity index (χ3n) is 2.85. The van der Waals surface area contributed by atoms with E-state index in [4.69, 9.17) is 4.74 Å². The molecule has 0 atom stereocenters. The molecule has 1 heterocycles. The monoisotopic (exact) mass is 240 g/mol. The molecular formula is C14H12N2O2. The number of para-hydroxylation sites is 2. The van der Waals surface area contributed by atoms with Crippen molar-refractivity contribution in [1.29, 1.82) is 0 Å². The lowest BCUT2D eigenvalue weighted by Crippen LogP contribution is -1.85. The van der Waals surface area contributed by atoms with E-state index >= 15 is 0 Å². The van der Waals surface area contributed by atoms with Gasteiger partial charge in [0.15, 0.2) is 0 Å². The van der Waals surface area contributed by atoms with Crippen molar-refractivity contribution in [2.45, 2.75) is 0 Å². The lowest BCUT2D eigenvalue weighted by Gasteiger charge is -2.04. The highest BCUT2D eigenvalue weighted by Gasteiger charge is 2.10. The molecule has 0 saturated carbocycles.